The maximum absolute atomic E-state index is 12.0. The van der Waals surface area contributed by atoms with Crippen LogP contribution in [0.2, 0.25) is 0 Å². The van der Waals surface area contributed by atoms with Crippen molar-refractivity contribution in [2.45, 2.75) is 0 Å². The number of rotatable bonds is 2. The molecule has 1 aromatic heterocycles. The number of nitriles is 1. The first-order valence-corrected chi connectivity index (χ1v) is 4.91. The SMILES string of the molecule is N#Cc1ccc(C(=O)c2ncccc2O)cc1. The van der Waals surface area contributed by atoms with Crippen LogP contribution in [0.1, 0.15) is 21.6 Å². The van der Waals surface area contributed by atoms with Crippen LogP contribution in [0, 0.1) is 11.3 Å². The number of carbonyl (C=O) groups excluding carboxylic acids is 1. The molecule has 17 heavy (non-hydrogen) atoms. The second-order valence-corrected chi connectivity index (χ2v) is 3.39. The second kappa shape index (κ2) is 4.45. The lowest BCUT2D eigenvalue weighted by molar-refractivity contribution is 0.103. The van der Waals surface area contributed by atoms with E-state index in [1.54, 1.807) is 18.2 Å². The topological polar surface area (TPSA) is 74.0 Å². The van der Waals surface area contributed by atoms with Gasteiger partial charge in [0.1, 0.15) is 5.75 Å². The molecular weight excluding hydrogens is 216 g/mol. The van der Waals surface area contributed by atoms with Crippen LogP contribution in [0.15, 0.2) is 42.6 Å². The third-order valence-electron chi connectivity index (χ3n) is 2.28. The summed E-state index contributed by atoms with van der Waals surface area (Å²) < 4.78 is 0. The van der Waals surface area contributed by atoms with E-state index in [0.717, 1.165) is 0 Å². The number of hydrogen-bond acceptors (Lipinski definition) is 4. The van der Waals surface area contributed by atoms with E-state index in [1.165, 1.54) is 24.4 Å². The Labute approximate surface area is 97.8 Å². The van der Waals surface area contributed by atoms with Gasteiger partial charge in [-0.2, -0.15) is 5.26 Å². The van der Waals surface area contributed by atoms with Crippen LogP contribution in [-0.2, 0) is 0 Å². The lowest BCUT2D eigenvalue weighted by Gasteiger charge is -2.02. The number of nitrogens with zero attached hydrogens (tertiary/aromatic N) is 2. The van der Waals surface area contributed by atoms with E-state index in [9.17, 15) is 9.90 Å². The maximum atomic E-state index is 12.0. The van der Waals surface area contributed by atoms with Crippen molar-refractivity contribution in [3.63, 3.8) is 0 Å². The van der Waals surface area contributed by atoms with Gasteiger partial charge >= 0.3 is 0 Å². The predicted molar refractivity (Wildman–Crippen MR) is 60.5 cm³/mol. The molecule has 0 aliphatic carbocycles. The van der Waals surface area contributed by atoms with Crippen LogP contribution in [0.3, 0.4) is 0 Å². The number of pyridine rings is 1. The first-order chi connectivity index (χ1) is 8.22. The van der Waals surface area contributed by atoms with Crippen molar-refractivity contribution in [3.05, 3.63) is 59.4 Å². The molecule has 1 aromatic carbocycles. The Morgan fingerprint density at radius 1 is 1.24 bits per heavy atom. The van der Waals surface area contributed by atoms with Crippen molar-refractivity contribution in [1.29, 1.82) is 5.26 Å². The lowest BCUT2D eigenvalue weighted by Crippen LogP contribution is -2.04. The molecule has 0 fully saturated rings. The van der Waals surface area contributed by atoms with E-state index in [1.807, 2.05) is 6.07 Å². The molecule has 0 amide bonds. The summed E-state index contributed by atoms with van der Waals surface area (Å²) in [4.78, 5) is 15.8. The highest BCUT2D eigenvalue weighted by Crippen LogP contribution is 2.17. The van der Waals surface area contributed by atoms with Crippen LogP contribution in [-0.4, -0.2) is 15.9 Å². The van der Waals surface area contributed by atoms with Gasteiger partial charge in [-0.05, 0) is 36.4 Å². The highest BCUT2D eigenvalue weighted by molar-refractivity contribution is 6.09. The Hall–Kier alpha value is -2.67. The van der Waals surface area contributed by atoms with Crippen LogP contribution in [0.25, 0.3) is 0 Å². The molecule has 4 nitrogen and oxygen atoms in total. The Morgan fingerprint density at radius 3 is 2.53 bits per heavy atom. The number of benzene rings is 1. The summed E-state index contributed by atoms with van der Waals surface area (Å²) in [6.07, 6.45) is 1.44. The summed E-state index contributed by atoms with van der Waals surface area (Å²) in [5.41, 5.74) is 0.877. The van der Waals surface area contributed by atoms with Gasteiger partial charge in [0.15, 0.2) is 5.69 Å². The van der Waals surface area contributed by atoms with Crippen molar-refractivity contribution < 1.29 is 9.90 Å². The second-order valence-electron chi connectivity index (χ2n) is 3.39. The summed E-state index contributed by atoms with van der Waals surface area (Å²) in [7, 11) is 0. The Balaban J connectivity index is 2.38. The maximum Gasteiger partial charge on any atom is 0.215 e. The zero-order valence-corrected chi connectivity index (χ0v) is 8.79. The number of ketones is 1. The quantitative estimate of drug-likeness (QED) is 0.790. The zero-order valence-electron chi connectivity index (χ0n) is 8.79. The number of aromatic hydroxyl groups is 1. The van der Waals surface area contributed by atoms with Gasteiger partial charge in [-0.3, -0.25) is 4.79 Å². The largest absolute Gasteiger partial charge is 0.506 e. The average molecular weight is 224 g/mol. The molecule has 1 heterocycles. The summed E-state index contributed by atoms with van der Waals surface area (Å²) in [6, 6.07) is 11.1. The minimum Gasteiger partial charge on any atom is -0.506 e. The molecule has 0 atom stereocenters. The molecule has 1 N–H and O–H groups in total. The first kappa shape index (κ1) is 10.8. The van der Waals surface area contributed by atoms with E-state index in [4.69, 9.17) is 5.26 Å². The van der Waals surface area contributed by atoms with Crippen molar-refractivity contribution in [2.24, 2.45) is 0 Å². The van der Waals surface area contributed by atoms with E-state index in [-0.39, 0.29) is 17.2 Å². The number of hydrogen-bond donors (Lipinski definition) is 1. The van der Waals surface area contributed by atoms with E-state index in [0.29, 0.717) is 11.1 Å². The molecule has 0 aliphatic rings. The van der Waals surface area contributed by atoms with Gasteiger partial charge in [0.25, 0.3) is 0 Å². The van der Waals surface area contributed by atoms with Gasteiger partial charge in [0, 0.05) is 11.8 Å². The molecular formula is C13H8N2O2. The van der Waals surface area contributed by atoms with Gasteiger partial charge in [-0.25, -0.2) is 4.98 Å². The summed E-state index contributed by atoms with van der Waals surface area (Å²) >= 11 is 0. The van der Waals surface area contributed by atoms with Crippen LogP contribution < -0.4 is 0 Å². The molecule has 0 spiro atoms. The highest BCUT2D eigenvalue weighted by atomic mass is 16.3. The first-order valence-electron chi connectivity index (χ1n) is 4.91. The summed E-state index contributed by atoms with van der Waals surface area (Å²) in [5, 5.41) is 18.1. The van der Waals surface area contributed by atoms with Crippen molar-refractivity contribution >= 4 is 5.78 Å². The van der Waals surface area contributed by atoms with Gasteiger partial charge in [-0.1, -0.05) is 0 Å². The lowest BCUT2D eigenvalue weighted by atomic mass is 10.1. The van der Waals surface area contributed by atoms with E-state index in [2.05, 4.69) is 4.98 Å². The zero-order chi connectivity index (χ0) is 12.3. The molecule has 0 saturated heterocycles. The molecule has 0 saturated carbocycles. The highest BCUT2D eigenvalue weighted by Gasteiger charge is 2.14. The molecule has 4 heteroatoms. The molecule has 2 rings (SSSR count). The normalized spacial score (nSPS) is 9.59. The van der Waals surface area contributed by atoms with Gasteiger partial charge in [0.2, 0.25) is 5.78 Å². The third-order valence-corrected chi connectivity index (χ3v) is 2.28. The monoisotopic (exact) mass is 224 g/mol. The standard InChI is InChI=1S/C13H8N2O2/c14-8-9-3-5-10(6-4-9)13(17)12-11(16)2-1-7-15-12/h1-7,16H. The Bertz CT molecular complexity index is 598. The molecule has 82 valence electrons. The molecule has 0 aliphatic heterocycles. The minimum absolute atomic E-state index is 0.0113. The van der Waals surface area contributed by atoms with Gasteiger partial charge in [-0.15, -0.1) is 0 Å². The molecule has 0 unspecified atom stereocenters. The van der Waals surface area contributed by atoms with E-state index >= 15 is 0 Å². The fourth-order valence-electron chi connectivity index (χ4n) is 1.40. The molecule has 0 bridgehead atoms. The smallest absolute Gasteiger partial charge is 0.215 e. The Morgan fingerprint density at radius 2 is 1.94 bits per heavy atom. The predicted octanol–water partition coefficient (Wildman–Crippen LogP) is 1.89. The third kappa shape index (κ3) is 2.13. The van der Waals surface area contributed by atoms with Gasteiger partial charge < -0.3 is 5.11 Å². The van der Waals surface area contributed by atoms with E-state index < -0.39 is 0 Å². The summed E-state index contributed by atoms with van der Waals surface area (Å²) in [5.74, 6) is -0.519. The van der Waals surface area contributed by atoms with Crippen LogP contribution >= 0.6 is 0 Å². The summed E-state index contributed by atoms with van der Waals surface area (Å²) in [6.45, 7) is 0. The minimum atomic E-state index is -0.368. The van der Waals surface area contributed by atoms with Crippen molar-refractivity contribution in [3.8, 4) is 11.8 Å². The number of aromatic nitrogens is 1. The number of carbonyl (C=O) groups is 1. The fraction of sp³-hybridized carbons (Fsp3) is 0. The van der Waals surface area contributed by atoms with Crippen LogP contribution in [0.5, 0.6) is 5.75 Å². The Kier molecular flexibility index (Phi) is 2.84. The van der Waals surface area contributed by atoms with Crippen LogP contribution in [0.4, 0.5) is 0 Å². The molecule has 0 radical (unpaired) electrons. The van der Waals surface area contributed by atoms with Crippen molar-refractivity contribution in [1.82, 2.24) is 4.98 Å². The average Bonchev–Trinajstić information content (AvgIpc) is 2.39. The molecule has 2 aromatic rings. The fourth-order valence-corrected chi connectivity index (χ4v) is 1.40. The van der Waals surface area contributed by atoms with Gasteiger partial charge in [0.05, 0.1) is 11.6 Å². The van der Waals surface area contributed by atoms with Crippen molar-refractivity contribution in [2.75, 3.05) is 0 Å².